The summed E-state index contributed by atoms with van der Waals surface area (Å²) in [5, 5.41) is 13.4. The van der Waals surface area contributed by atoms with Crippen molar-refractivity contribution in [3.8, 4) is 0 Å². The Morgan fingerprint density at radius 2 is 2.26 bits per heavy atom. The standard InChI is InChI=1S/C13H14BrN3O2/c1-16(7-9-6-15-17(2)8-9)11-5-3-4-10(14)12(11)13(18)19/h3-6,8H,7H2,1-2H3,(H,18,19). The zero-order valence-corrected chi connectivity index (χ0v) is 12.3. The van der Waals surface area contributed by atoms with Gasteiger partial charge in [-0.2, -0.15) is 5.10 Å². The zero-order valence-electron chi connectivity index (χ0n) is 10.7. The maximum absolute atomic E-state index is 11.3. The van der Waals surface area contributed by atoms with Gasteiger partial charge in [0.1, 0.15) is 0 Å². The molecule has 0 spiro atoms. The van der Waals surface area contributed by atoms with E-state index in [0.717, 1.165) is 5.56 Å². The number of nitrogens with zero attached hydrogens (tertiary/aromatic N) is 3. The highest BCUT2D eigenvalue weighted by molar-refractivity contribution is 9.10. The number of anilines is 1. The van der Waals surface area contributed by atoms with E-state index in [-0.39, 0.29) is 5.56 Å². The van der Waals surface area contributed by atoms with Gasteiger partial charge in [0.05, 0.1) is 17.4 Å². The molecule has 5 nitrogen and oxygen atoms in total. The van der Waals surface area contributed by atoms with Crippen LogP contribution in [0.2, 0.25) is 0 Å². The lowest BCUT2D eigenvalue weighted by molar-refractivity contribution is 0.0696. The van der Waals surface area contributed by atoms with E-state index in [1.165, 1.54) is 0 Å². The van der Waals surface area contributed by atoms with Crippen LogP contribution in [-0.4, -0.2) is 27.9 Å². The Morgan fingerprint density at radius 3 is 2.84 bits per heavy atom. The predicted molar refractivity (Wildman–Crippen MR) is 76.4 cm³/mol. The van der Waals surface area contributed by atoms with Crippen molar-refractivity contribution in [2.75, 3.05) is 11.9 Å². The van der Waals surface area contributed by atoms with Gasteiger partial charge in [-0.25, -0.2) is 4.79 Å². The third-order valence-electron chi connectivity index (χ3n) is 2.79. The number of hydrogen-bond donors (Lipinski definition) is 1. The average molecular weight is 324 g/mol. The summed E-state index contributed by atoms with van der Waals surface area (Å²) < 4.78 is 2.30. The Hall–Kier alpha value is -1.82. The SMILES string of the molecule is CN(Cc1cnn(C)c1)c1cccc(Br)c1C(=O)O. The molecule has 0 radical (unpaired) electrons. The van der Waals surface area contributed by atoms with Crippen LogP contribution in [0.1, 0.15) is 15.9 Å². The molecular formula is C13H14BrN3O2. The van der Waals surface area contributed by atoms with Gasteiger partial charge in [-0.15, -0.1) is 0 Å². The number of rotatable bonds is 4. The van der Waals surface area contributed by atoms with E-state index in [0.29, 0.717) is 16.7 Å². The summed E-state index contributed by atoms with van der Waals surface area (Å²) in [6.45, 7) is 0.602. The molecule has 19 heavy (non-hydrogen) atoms. The summed E-state index contributed by atoms with van der Waals surface area (Å²) in [5.74, 6) is -0.944. The molecule has 2 aromatic rings. The van der Waals surface area contributed by atoms with Crippen molar-refractivity contribution < 1.29 is 9.90 Å². The molecule has 0 saturated carbocycles. The Kier molecular flexibility index (Phi) is 3.90. The van der Waals surface area contributed by atoms with Crippen LogP contribution >= 0.6 is 15.9 Å². The molecule has 1 aromatic heterocycles. The van der Waals surface area contributed by atoms with Crippen molar-refractivity contribution in [1.82, 2.24) is 9.78 Å². The number of aromatic carboxylic acids is 1. The minimum Gasteiger partial charge on any atom is -0.478 e. The highest BCUT2D eigenvalue weighted by atomic mass is 79.9. The summed E-state index contributed by atoms with van der Waals surface area (Å²) >= 11 is 3.28. The van der Waals surface area contributed by atoms with Crippen LogP contribution in [-0.2, 0) is 13.6 Å². The molecular weight excluding hydrogens is 310 g/mol. The van der Waals surface area contributed by atoms with Crippen molar-refractivity contribution in [2.24, 2.45) is 7.05 Å². The fraction of sp³-hybridized carbons (Fsp3) is 0.231. The van der Waals surface area contributed by atoms with Crippen LogP contribution in [0, 0.1) is 0 Å². The summed E-state index contributed by atoms with van der Waals surface area (Å²) in [6.07, 6.45) is 3.68. The number of carboxylic acids is 1. The molecule has 6 heteroatoms. The van der Waals surface area contributed by atoms with Crippen LogP contribution in [0.4, 0.5) is 5.69 Å². The predicted octanol–water partition coefficient (Wildman–Crippen LogP) is 2.52. The molecule has 0 unspecified atom stereocenters. The summed E-state index contributed by atoms with van der Waals surface area (Å²) in [7, 11) is 3.71. The van der Waals surface area contributed by atoms with Gasteiger partial charge in [-0.3, -0.25) is 4.68 Å². The fourth-order valence-electron chi connectivity index (χ4n) is 1.96. The van der Waals surface area contributed by atoms with E-state index in [9.17, 15) is 9.90 Å². The molecule has 0 bridgehead atoms. The smallest absolute Gasteiger partial charge is 0.338 e. The molecule has 0 aliphatic rings. The van der Waals surface area contributed by atoms with E-state index < -0.39 is 5.97 Å². The maximum Gasteiger partial charge on any atom is 0.338 e. The molecule has 1 aromatic carbocycles. The van der Waals surface area contributed by atoms with Crippen LogP contribution in [0.3, 0.4) is 0 Å². The molecule has 0 fully saturated rings. The molecule has 0 saturated heterocycles. The second kappa shape index (κ2) is 5.44. The number of benzene rings is 1. The van der Waals surface area contributed by atoms with Crippen molar-refractivity contribution in [1.29, 1.82) is 0 Å². The fourth-order valence-corrected chi connectivity index (χ4v) is 2.48. The Bertz CT molecular complexity index is 610. The van der Waals surface area contributed by atoms with Gasteiger partial charge in [0.2, 0.25) is 0 Å². The van der Waals surface area contributed by atoms with Gasteiger partial charge in [0.15, 0.2) is 0 Å². The molecule has 0 aliphatic heterocycles. The highest BCUT2D eigenvalue weighted by Gasteiger charge is 2.17. The Morgan fingerprint density at radius 1 is 1.53 bits per heavy atom. The number of hydrogen-bond acceptors (Lipinski definition) is 3. The molecule has 100 valence electrons. The van der Waals surface area contributed by atoms with E-state index in [1.54, 1.807) is 23.0 Å². The second-order valence-electron chi connectivity index (χ2n) is 4.32. The third-order valence-corrected chi connectivity index (χ3v) is 3.46. The van der Waals surface area contributed by atoms with Crippen molar-refractivity contribution in [3.63, 3.8) is 0 Å². The lowest BCUT2D eigenvalue weighted by atomic mass is 10.1. The van der Waals surface area contributed by atoms with E-state index in [2.05, 4.69) is 21.0 Å². The first-order chi connectivity index (χ1) is 8.99. The lowest BCUT2D eigenvalue weighted by Crippen LogP contribution is -2.19. The molecule has 2 rings (SSSR count). The first-order valence-corrected chi connectivity index (χ1v) is 6.49. The average Bonchev–Trinajstić information content (AvgIpc) is 2.73. The lowest BCUT2D eigenvalue weighted by Gasteiger charge is -2.21. The topological polar surface area (TPSA) is 58.4 Å². The van der Waals surface area contributed by atoms with Crippen molar-refractivity contribution >= 4 is 27.6 Å². The van der Waals surface area contributed by atoms with E-state index in [4.69, 9.17) is 0 Å². The Labute approximate surface area is 119 Å². The molecule has 0 amide bonds. The first-order valence-electron chi connectivity index (χ1n) is 5.69. The van der Waals surface area contributed by atoms with Gasteiger partial charge < -0.3 is 10.0 Å². The highest BCUT2D eigenvalue weighted by Crippen LogP contribution is 2.28. The number of aryl methyl sites for hydroxylation is 1. The first kappa shape index (κ1) is 13.6. The number of halogens is 1. The van der Waals surface area contributed by atoms with E-state index in [1.807, 2.05) is 31.3 Å². The van der Waals surface area contributed by atoms with Gasteiger partial charge >= 0.3 is 5.97 Å². The van der Waals surface area contributed by atoms with Gasteiger partial charge in [-0.1, -0.05) is 6.07 Å². The van der Waals surface area contributed by atoms with Crippen LogP contribution in [0.25, 0.3) is 0 Å². The summed E-state index contributed by atoms with van der Waals surface area (Å²) in [5.41, 5.74) is 1.97. The molecule has 1 N–H and O–H groups in total. The monoisotopic (exact) mass is 323 g/mol. The summed E-state index contributed by atoms with van der Waals surface area (Å²) in [6, 6.07) is 5.35. The minimum atomic E-state index is -0.944. The van der Waals surface area contributed by atoms with Gasteiger partial charge in [-0.05, 0) is 28.1 Å². The second-order valence-corrected chi connectivity index (χ2v) is 5.17. The molecule has 0 atom stereocenters. The third kappa shape index (κ3) is 2.96. The molecule has 0 aliphatic carbocycles. The van der Waals surface area contributed by atoms with Crippen LogP contribution in [0.15, 0.2) is 35.1 Å². The maximum atomic E-state index is 11.3. The van der Waals surface area contributed by atoms with Crippen molar-refractivity contribution in [3.05, 3.63) is 46.2 Å². The normalized spacial score (nSPS) is 10.5. The van der Waals surface area contributed by atoms with Crippen LogP contribution < -0.4 is 4.90 Å². The quantitative estimate of drug-likeness (QED) is 0.939. The minimum absolute atomic E-state index is 0.272. The van der Waals surface area contributed by atoms with E-state index >= 15 is 0 Å². The number of aromatic nitrogens is 2. The van der Waals surface area contributed by atoms with Crippen molar-refractivity contribution in [2.45, 2.75) is 6.54 Å². The van der Waals surface area contributed by atoms with Gasteiger partial charge in [0.25, 0.3) is 0 Å². The number of carboxylic acid groups (broad SMARTS) is 1. The zero-order chi connectivity index (χ0) is 14.0. The van der Waals surface area contributed by atoms with Gasteiger partial charge in [0, 0.05) is 36.9 Å². The molecule has 1 heterocycles. The number of carbonyl (C=O) groups is 1. The van der Waals surface area contributed by atoms with Crippen LogP contribution in [0.5, 0.6) is 0 Å². The largest absolute Gasteiger partial charge is 0.478 e. The summed E-state index contributed by atoms with van der Waals surface area (Å²) in [4.78, 5) is 13.2. The Balaban J connectivity index is 2.31.